The molecule has 2 fully saturated rings. The summed E-state index contributed by atoms with van der Waals surface area (Å²) in [7, 11) is 0. The van der Waals surface area contributed by atoms with Crippen LogP contribution in [0.5, 0.6) is 0 Å². The lowest BCUT2D eigenvalue weighted by molar-refractivity contribution is -0.131. The first-order valence-corrected chi connectivity index (χ1v) is 9.92. The number of benzene rings is 1. The van der Waals surface area contributed by atoms with Crippen LogP contribution < -0.4 is 10.2 Å². The number of piperazine rings is 1. The molecule has 150 valence electrons. The normalized spacial score (nSPS) is 16.4. The average Bonchev–Trinajstić information content (AvgIpc) is 3.53. The van der Waals surface area contributed by atoms with Crippen molar-refractivity contribution in [2.24, 2.45) is 0 Å². The Morgan fingerprint density at radius 2 is 1.90 bits per heavy atom. The molecule has 8 heteroatoms. The van der Waals surface area contributed by atoms with E-state index in [0.29, 0.717) is 61.7 Å². The van der Waals surface area contributed by atoms with Crippen LogP contribution in [0.1, 0.15) is 47.1 Å². The second-order valence-corrected chi connectivity index (χ2v) is 7.33. The van der Waals surface area contributed by atoms with Crippen LogP contribution >= 0.6 is 0 Å². The predicted octanol–water partition coefficient (Wildman–Crippen LogP) is 1.89. The van der Waals surface area contributed by atoms with Gasteiger partial charge in [0.2, 0.25) is 23.4 Å². The molecular weight excluding hydrogens is 370 g/mol. The topological polar surface area (TPSA) is 102 Å². The summed E-state index contributed by atoms with van der Waals surface area (Å²) in [5, 5.41) is 12.1. The van der Waals surface area contributed by atoms with Crippen LogP contribution in [0.25, 0.3) is 0 Å². The maximum Gasteiger partial charge on any atom is 0.251 e. The van der Waals surface area contributed by atoms with Crippen molar-refractivity contribution in [2.45, 2.75) is 25.2 Å². The number of carbonyl (C=O) groups is 2. The number of nitriles is 1. The van der Waals surface area contributed by atoms with Gasteiger partial charge in [-0.25, -0.2) is 4.98 Å². The number of amides is 2. The molecule has 2 aliphatic rings. The van der Waals surface area contributed by atoms with Crippen LogP contribution in [0.2, 0.25) is 0 Å². The molecule has 8 nitrogen and oxygen atoms in total. The number of nitrogens with one attached hydrogen (secondary N) is 1. The maximum atomic E-state index is 12.5. The van der Waals surface area contributed by atoms with Crippen molar-refractivity contribution in [3.05, 3.63) is 47.5 Å². The summed E-state index contributed by atoms with van der Waals surface area (Å²) in [5.41, 5.74) is 0.912. The minimum Gasteiger partial charge on any atom is -0.423 e. The van der Waals surface area contributed by atoms with Crippen molar-refractivity contribution in [3.8, 4) is 6.07 Å². The number of hydrogen-bond donors (Lipinski definition) is 1. The zero-order valence-electron chi connectivity index (χ0n) is 16.1. The quantitative estimate of drug-likeness (QED) is 0.804. The van der Waals surface area contributed by atoms with E-state index < -0.39 is 0 Å². The van der Waals surface area contributed by atoms with Crippen LogP contribution in [0.15, 0.2) is 34.7 Å². The van der Waals surface area contributed by atoms with Crippen LogP contribution in [0, 0.1) is 11.3 Å². The molecule has 1 aromatic heterocycles. The van der Waals surface area contributed by atoms with Gasteiger partial charge in [-0.05, 0) is 25.0 Å². The molecule has 0 bridgehead atoms. The molecule has 1 aliphatic carbocycles. The summed E-state index contributed by atoms with van der Waals surface area (Å²) < 4.78 is 5.84. The third kappa shape index (κ3) is 4.40. The van der Waals surface area contributed by atoms with Gasteiger partial charge in [0.25, 0.3) is 5.91 Å². The first-order valence-electron chi connectivity index (χ1n) is 9.92. The lowest BCUT2D eigenvalue weighted by Gasteiger charge is -2.34. The SMILES string of the molecule is N#Cc1nc(C2CC2)oc1N1CCN(C(=O)CCNC(=O)c2ccccc2)CC1. The van der Waals surface area contributed by atoms with E-state index >= 15 is 0 Å². The highest BCUT2D eigenvalue weighted by molar-refractivity contribution is 5.94. The number of hydrogen-bond acceptors (Lipinski definition) is 6. The highest BCUT2D eigenvalue weighted by atomic mass is 16.4. The lowest BCUT2D eigenvalue weighted by Crippen LogP contribution is -2.49. The number of rotatable bonds is 6. The first-order chi connectivity index (χ1) is 14.2. The molecule has 0 atom stereocenters. The number of oxazole rings is 1. The van der Waals surface area contributed by atoms with Crippen LogP contribution in [-0.4, -0.2) is 54.4 Å². The van der Waals surface area contributed by atoms with Gasteiger partial charge in [0.05, 0.1) is 0 Å². The fraction of sp³-hybridized carbons (Fsp3) is 0.429. The van der Waals surface area contributed by atoms with Gasteiger partial charge in [0.1, 0.15) is 6.07 Å². The van der Waals surface area contributed by atoms with Gasteiger partial charge in [-0.2, -0.15) is 5.26 Å². The van der Waals surface area contributed by atoms with Gasteiger partial charge in [-0.3, -0.25) is 9.59 Å². The van der Waals surface area contributed by atoms with Gasteiger partial charge in [-0.15, -0.1) is 0 Å². The number of anilines is 1. The van der Waals surface area contributed by atoms with Gasteiger partial charge >= 0.3 is 0 Å². The summed E-state index contributed by atoms with van der Waals surface area (Å²) in [6.45, 7) is 2.59. The number of aromatic nitrogens is 1. The Bertz CT molecular complexity index is 922. The van der Waals surface area contributed by atoms with Gasteiger partial charge in [0, 0.05) is 50.6 Å². The van der Waals surface area contributed by atoms with Crippen molar-refractivity contribution < 1.29 is 14.0 Å². The van der Waals surface area contributed by atoms with Gasteiger partial charge in [0.15, 0.2) is 0 Å². The van der Waals surface area contributed by atoms with Crippen molar-refractivity contribution in [2.75, 3.05) is 37.6 Å². The Balaban J connectivity index is 1.25. The summed E-state index contributed by atoms with van der Waals surface area (Å²) in [4.78, 5) is 32.6. The van der Waals surface area contributed by atoms with E-state index in [1.165, 1.54) is 0 Å². The monoisotopic (exact) mass is 393 g/mol. The van der Waals surface area contributed by atoms with Gasteiger partial charge in [-0.1, -0.05) is 18.2 Å². The molecule has 0 unspecified atom stereocenters. The van der Waals surface area contributed by atoms with Crippen LogP contribution in [-0.2, 0) is 4.79 Å². The van der Waals surface area contributed by atoms with E-state index in [1.54, 1.807) is 29.2 Å². The number of carbonyl (C=O) groups excluding carboxylic acids is 2. The Labute approximate surface area is 169 Å². The minimum atomic E-state index is -0.177. The summed E-state index contributed by atoms with van der Waals surface area (Å²) in [6, 6.07) is 11.1. The molecule has 2 heterocycles. The lowest BCUT2D eigenvalue weighted by atomic mass is 10.2. The third-order valence-corrected chi connectivity index (χ3v) is 5.24. The molecule has 1 aromatic carbocycles. The fourth-order valence-electron chi connectivity index (χ4n) is 3.41. The highest BCUT2D eigenvalue weighted by Crippen LogP contribution is 2.41. The summed E-state index contributed by atoms with van der Waals surface area (Å²) in [6.07, 6.45) is 2.39. The van der Waals surface area contributed by atoms with E-state index in [0.717, 1.165) is 12.8 Å². The molecule has 2 aromatic rings. The van der Waals surface area contributed by atoms with E-state index in [9.17, 15) is 14.9 Å². The molecular formula is C21H23N5O3. The zero-order valence-corrected chi connectivity index (χ0v) is 16.1. The van der Waals surface area contributed by atoms with E-state index in [4.69, 9.17) is 4.42 Å². The third-order valence-electron chi connectivity index (χ3n) is 5.24. The Morgan fingerprint density at radius 3 is 2.55 bits per heavy atom. The van der Waals surface area contributed by atoms with Crippen molar-refractivity contribution in [3.63, 3.8) is 0 Å². The second-order valence-electron chi connectivity index (χ2n) is 7.33. The largest absolute Gasteiger partial charge is 0.423 e. The summed E-state index contributed by atoms with van der Waals surface area (Å²) in [5.74, 6) is 1.37. The smallest absolute Gasteiger partial charge is 0.251 e. The van der Waals surface area contributed by atoms with Crippen LogP contribution in [0.3, 0.4) is 0 Å². The van der Waals surface area contributed by atoms with E-state index in [1.807, 2.05) is 11.0 Å². The minimum absolute atomic E-state index is 0.00903. The Morgan fingerprint density at radius 1 is 1.17 bits per heavy atom. The summed E-state index contributed by atoms with van der Waals surface area (Å²) >= 11 is 0. The zero-order chi connectivity index (χ0) is 20.2. The van der Waals surface area contributed by atoms with Crippen molar-refractivity contribution >= 4 is 17.7 Å². The maximum absolute atomic E-state index is 12.5. The Kier molecular flexibility index (Phi) is 5.47. The standard InChI is InChI=1S/C21H23N5O3/c22-14-17-21(29-20(24-17)16-6-7-16)26-12-10-25(11-13-26)18(27)8-9-23-19(28)15-4-2-1-3-5-15/h1-5,16H,6-13H2,(H,23,28). The average molecular weight is 393 g/mol. The van der Waals surface area contributed by atoms with Crippen LogP contribution in [0.4, 0.5) is 5.88 Å². The molecule has 1 saturated heterocycles. The molecule has 0 radical (unpaired) electrons. The molecule has 2 amide bonds. The molecule has 1 N–H and O–H groups in total. The van der Waals surface area contributed by atoms with E-state index in [2.05, 4.69) is 16.4 Å². The number of nitrogens with zero attached hydrogens (tertiary/aromatic N) is 4. The molecule has 1 saturated carbocycles. The highest BCUT2D eigenvalue weighted by Gasteiger charge is 2.32. The molecule has 29 heavy (non-hydrogen) atoms. The predicted molar refractivity (Wildman–Crippen MR) is 105 cm³/mol. The first kappa shape index (κ1) is 19.0. The van der Waals surface area contributed by atoms with Crippen molar-refractivity contribution in [1.82, 2.24) is 15.2 Å². The molecule has 4 rings (SSSR count). The molecule has 1 aliphatic heterocycles. The fourth-order valence-corrected chi connectivity index (χ4v) is 3.41. The van der Waals surface area contributed by atoms with Gasteiger partial charge < -0.3 is 19.5 Å². The Hall–Kier alpha value is -3.34. The second kappa shape index (κ2) is 8.35. The van der Waals surface area contributed by atoms with E-state index in [-0.39, 0.29) is 18.2 Å². The molecule has 0 spiro atoms. The van der Waals surface area contributed by atoms with Crippen molar-refractivity contribution in [1.29, 1.82) is 5.26 Å².